The molecule has 0 amide bonds. The Morgan fingerprint density at radius 3 is 1.93 bits per heavy atom. The summed E-state index contributed by atoms with van der Waals surface area (Å²) in [4.78, 5) is 11.6. The van der Waals surface area contributed by atoms with Gasteiger partial charge in [-0.15, -0.1) is 0 Å². The molecular weight excluding hydrogens is 348 g/mol. The number of benzene rings is 1. The predicted octanol–water partition coefficient (Wildman–Crippen LogP) is 7.44. The number of carbonyl (C=O) groups excluding carboxylic acids is 1. The topological polar surface area (TPSA) is 35.5 Å². The van der Waals surface area contributed by atoms with Crippen molar-refractivity contribution in [3.63, 3.8) is 0 Å². The lowest BCUT2D eigenvalue weighted by atomic mass is 10.0. The third-order valence-electron chi connectivity index (χ3n) is 4.45. The van der Waals surface area contributed by atoms with E-state index in [1.165, 1.54) is 51.4 Å². The van der Waals surface area contributed by atoms with Crippen molar-refractivity contribution in [3.05, 3.63) is 35.9 Å². The third kappa shape index (κ3) is 18.0. The quantitative estimate of drug-likeness (QED) is 0.230. The molecule has 0 aliphatic rings. The van der Waals surface area contributed by atoms with Gasteiger partial charge in [0.1, 0.15) is 0 Å². The molecule has 1 aromatic carbocycles. The molecule has 1 rings (SSSR count). The molecule has 0 aliphatic carbocycles. The largest absolute Gasteiger partial charge is 0.462 e. The number of hydrogen-bond acceptors (Lipinski definition) is 3. The van der Waals surface area contributed by atoms with Gasteiger partial charge in [-0.2, -0.15) is 0 Å². The van der Waals surface area contributed by atoms with E-state index >= 15 is 0 Å². The van der Waals surface area contributed by atoms with Crippen LogP contribution in [0.15, 0.2) is 30.3 Å². The number of carbonyl (C=O) groups is 1. The second-order valence-electron chi connectivity index (χ2n) is 7.77. The highest BCUT2D eigenvalue weighted by Gasteiger charge is 2.04. The van der Waals surface area contributed by atoms with Crippen LogP contribution in [0.1, 0.15) is 102 Å². The lowest BCUT2D eigenvalue weighted by Crippen LogP contribution is -2.06. The fourth-order valence-corrected chi connectivity index (χ4v) is 2.60. The minimum atomic E-state index is -0.208. The normalized spacial score (nSPS) is 10.5. The first-order valence-electron chi connectivity index (χ1n) is 11.4. The smallest absolute Gasteiger partial charge is 0.338 e. The molecule has 162 valence electrons. The molecule has 0 atom stereocenters. The first-order chi connectivity index (χ1) is 13.6. The van der Waals surface area contributed by atoms with Crippen LogP contribution in [0.2, 0.25) is 0 Å². The molecule has 0 spiro atoms. The average molecular weight is 393 g/mol. The van der Waals surface area contributed by atoms with Gasteiger partial charge in [-0.05, 0) is 37.3 Å². The molecule has 0 N–H and O–H groups in total. The van der Waals surface area contributed by atoms with Crippen LogP contribution < -0.4 is 0 Å². The molecule has 0 fully saturated rings. The number of unbranched alkanes of at least 4 members (excludes halogenated alkanes) is 6. The standard InChI is InChI=1S/C17H26O2.C8H18O/c1-15(2)11-7-4-3-5-10-14-19-17(18)16-12-8-6-9-13-16;1-3-5-7-9-8-6-4-2/h6,8-9,12-13,15H,3-5,7,10-11,14H2,1-2H3;3-8H2,1-2H3. The maximum absolute atomic E-state index is 11.6. The minimum absolute atomic E-state index is 0.208. The monoisotopic (exact) mass is 392 g/mol. The lowest BCUT2D eigenvalue weighted by molar-refractivity contribution is 0.0497. The van der Waals surface area contributed by atoms with Crippen molar-refractivity contribution >= 4 is 5.97 Å². The van der Waals surface area contributed by atoms with Crippen LogP contribution in [0, 0.1) is 5.92 Å². The van der Waals surface area contributed by atoms with Gasteiger partial charge in [-0.1, -0.05) is 90.8 Å². The summed E-state index contributed by atoms with van der Waals surface area (Å²) in [7, 11) is 0. The van der Waals surface area contributed by atoms with E-state index in [0.717, 1.165) is 32.0 Å². The molecule has 0 radical (unpaired) electrons. The maximum Gasteiger partial charge on any atom is 0.338 e. The second kappa shape index (κ2) is 20.4. The summed E-state index contributed by atoms with van der Waals surface area (Å²) in [5.41, 5.74) is 0.638. The van der Waals surface area contributed by atoms with Gasteiger partial charge >= 0.3 is 5.97 Å². The fraction of sp³-hybridized carbons (Fsp3) is 0.720. The molecule has 3 nitrogen and oxygen atoms in total. The molecule has 0 aromatic heterocycles. The summed E-state index contributed by atoms with van der Waals surface area (Å²) in [6.45, 7) is 11.4. The van der Waals surface area contributed by atoms with Crippen LogP contribution >= 0.6 is 0 Å². The fourth-order valence-electron chi connectivity index (χ4n) is 2.60. The van der Waals surface area contributed by atoms with Crippen molar-refractivity contribution in [1.82, 2.24) is 0 Å². The van der Waals surface area contributed by atoms with Gasteiger partial charge in [0, 0.05) is 13.2 Å². The van der Waals surface area contributed by atoms with Crippen LogP contribution in [0.4, 0.5) is 0 Å². The van der Waals surface area contributed by atoms with E-state index in [-0.39, 0.29) is 5.97 Å². The van der Waals surface area contributed by atoms with Crippen LogP contribution in [-0.4, -0.2) is 25.8 Å². The first-order valence-corrected chi connectivity index (χ1v) is 11.4. The Hall–Kier alpha value is -1.35. The lowest BCUT2D eigenvalue weighted by Gasteiger charge is -2.06. The third-order valence-corrected chi connectivity index (χ3v) is 4.45. The van der Waals surface area contributed by atoms with Crippen LogP contribution in [0.5, 0.6) is 0 Å². The van der Waals surface area contributed by atoms with Gasteiger partial charge in [0.2, 0.25) is 0 Å². The van der Waals surface area contributed by atoms with E-state index in [0.29, 0.717) is 12.2 Å². The van der Waals surface area contributed by atoms with Crippen molar-refractivity contribution in [1.29, 1.82) is 0 Å². The Morgan fingerprint density at radius 2 is 1.36 bits per heavy atom. The molecular formula is C25H44O3. The molecule has 28 heavy (non-hydrogen) atoms. The number of esters is 1. The number of hydrogen-bond donors (Lipinski definition) is 0. The van der Waals surface area contributed by atoms with Crippen LogP contribution in [-0.2, 0) is 9.47 Å². The molecule has 1 aromatic rings. The maximum atomic E-state index is 11.6. The zero-order chi connectivity index (χ0) is 20.9. The summed E-state index contributed by atoms with van der Waals surface area (Å²) in [5, 5.41) is 0. The average Bonchev–Trinajstić information content (AvgIpc) is 2.70. The van der Waals surface area contributed by atoms with Gasteiger partial charge < -0.3 is 9.47 Å². The Bertz CT molecular complexity index is 436. The molecule has 0 unspecified atom stereocenters. The number of rotatable bonds is 15. The van der Waals surface area contributed by atoms with Gasteiger partial charge in [0.15, 0.2) is 0 Å². The van der Waals surface area contributed by atoms with E-state index in [1.807, 2.05) is 18.2 Å². The Balaban J connectivity index is 0.000000684. The first kappa shape index (κ1) is 26.6. The molecule has 0 saturated carbocycles. The van der Waals surface area contributed by atoms with Crippen molar-refractivity contribution in [2.75, 3.05) is 19.8 Å². The van der Waals surface area contributed by atoms with Crippen molar-refractivity contribution < 1.29 is 14.3 Å². The highest BCUT2D eigenvalue weighted by atomic mass is 16.5. The summed E-state index contributed by atoms with van der Waals surface area (Å²) < 4.78 is 10.5. The van der Waals surface area contributed by atoms with Gasteiger partial charge in [0.05, 0.1) is 12.2 Å². The zero-order valence-corrected chi connectivity index (χ0v) is 18.9. The summed E-state index contributed by atoms with van der Waals surface area (Å²) in [6, 6.07) is 9.17. The summed E-state index contributed by atoms with van der Waals surface area (Å²) >= 11 is 0. The predicted molar refractivity (Wildman–Crippen MR) is 120 cm³/mol. The molecule has 3 heteroatoms. The molecule has 0 aliphatic heterocycles. The van der Waals surface area contributed by atoms with E-state index < -0.39 is 0 Å². The van der Waals surface area contributed by atoms with Crippen molar-refractivity contribution in [3.8, 4) is 0 Å². The highest BCUT2D eigenvalue weighted by Crippen LogP contribution is 2.10. The highest BCUT2D eigenvalue weighted by molar-refractivity contribution is 5.89. The molecule has 0 bridgehead atoms. The van der Waals surface area contributed by atoms with Gasteiger partial charge in [0.25, 0.3) is 0 Å². The van der Waals surface area contributed by atoms with Gasteiger partial charge in [-0.25, -0.2) is 4.79 Å². The van der Waals surface area contributed by atoms with E-state index in [2.05, 4.69) is 27.7 Å². The van der Waals surface area contributed by atoms with E-state index in [1.54, 1.807) is 12.1 Å². The SMILES string of the molecule is CC(C)CCCCCCCOC(=O)c1ccccc1.CCCCOCCCC. The number of ether oxygens (including phenoxy) is 2. The Labute approximate surface area is 174 Å². The molecule has 0 heterocycles. The summed E-state index contributed by atoms with van der Waals surface area (Å²) in [6.07, 6.45) is 12.2. The van der Waals surface area contributed by atoms with Crippen molar-refractivity contribution in [2.45, 2.75) is 91.9 Å². The van der Waals surface area contributed by atoms with E-state index in [9.17, 15) is 4.79 Å². The molecule has 0 saturated heterocycles. The summed E-state index contributed by atoms with van der Waals surface area (Å²) in [5.74, 6) is 0.604. The van der Waals surface area contributed by atoms with Gasteiger partial charge in [-0.3, -0.25) is 0 Å². The van der Waals surface area contributed by atoms with E-state index in [4.69, 9.17) is 9.47 Å². The Morgan fingerprint density at radius 1 is 0.786 bits per heavy atom. The Kier molecular flexibility index (Phi) is 19.4. The minimum Gasteiger partial charge on any atom is -0.462 e. The van der Waals surface area contributed by atoms with Crippen LogP contribution in [0.3, 0.4) is 0 Å². The van der Waals surface area contributed by atoms with Crippen molar-refractivity contribution in [2.24, 2.45) is 5.92 Å². The second-order valence-corrected chi connectivity index (χ2v) is 7.77. The van der Waals surface area contributed by atoms with Crippen LogP contribution in [0.25, 0.3) is 0 Å². The zero-order valence-electron chi connectivity index (χ0n) is 18.9.